The highest BCUT2D eigenvalue weighted by Crippen LogP contribution is 2.39. The number of fused-ring (bicyclic) bond motifs is 1. The fourth-order valence-corrected chi connectivity index (χ4v) is 6.48. The van der Waals surface area contributed by atoms with Gasteiger partial charge in [0.1, 0.15) is 5.00 Å². The molecule has 2 heterocycles. The minimum Gasteiger partial charge on any atom is -0.339 e. The Morgan fingerprint density at radius 1 is 0.971 bits per heavy atom. The van der Waals surface area contributed by atoms with Crippen molar-refractivity contribution >= 4 is 28.2 Å². The first-order valence-corrected chi connectivity index (χ1v) is 13.3. The molecule has 1 N–H and O–H groups in total. The normalized spacial score (nSPS) is 16.2. The van der Waals surface area contributed by atoms with Crippen LogP contribution in [-0.4, -0.2) is 29.8 Å². The number of hydrogen-bond acceptors (Lipinski definition) is 3. The number of likely N-dealkylation sites (tertiary alicyclic amines) is 1. The summed E-state index contributed by atoms with van der Waals surface area (Å²) in [4.78, 5) is 30.0. The van der Waals surface area contributed by atoms with Crippen molar-refractivity contribution in [3.63, 3.8) is 0 Å². The molecule has 1 aliphatic heterocycles. The lowest BCUT2D eigenvalue weighted by atomic mass is 9.89. The van der Waals surface area contributed by atoms with E-state index in [9.17, 15) is 9.59 Å². The number of rotatable bonds is 5. The second kappa shape index (κ2) is 10.1. The van der Waals surface area contributed by atoms with E-state index in [2.05, 4.69) is 35.6 Å². The number of aryl methyl sites for hydroxylation is 2. The maximum Gasteiger partial charge on any atom is 0.257 e. The number of carbonyl (C=O) groups is 2. The minimum atomic E-state index is -0.144. The van der Waals surface area contributed by atoms with Crippen molar-refractivity contribution < 1.29 is 9.59 Å². The zero-order valence-electron chi connectivity index (χ0n) is 19.8. The van der Waals surface area contributed by atoms with Crippen molar-refractivity contribution in [1.82, 2.24) is 4.90 Å². The van der Waals surface area contributed by atoms with Gasteiger partial charge in [0.25, 0.3) is 11.8 Å². The smallest absolute Gasteiger partial charge is 0.257 e. The summed E-state index contributed by atoms with van der Waals surface area (Å²) < 4.78 is 0. The van der Waals surface area contributed by atoms with E-state index in [1.165, 1.54) is 16.0 Å². The SMILES string of the molecule is Cc1ccc(C(=O)Nc2sc3c(c2C(=O)N2CCC(Cc4ccccc4)CC2)CCCC3)cc1. The Labute approximate surface area is 206 Å². The standard InChI is InChI=1S/C29H32N2O2S/c1-20-11-13-23(14-12-20)27(32)30-28-26(24-9-5-6-10-25(24)34-28)29(33)31-17-15-22(16-18-31)19-21-7-3-2-4-8-21/h2-4,7-8,11-14,22H,5-6,9-10,15-19H2,1H3,(H,30,32). The lowest BCUT2D eigenvalue weighted by molar-refractivity contribution is 0.0690. The van der Waals surface area contributed by atoms with Crippen LogP contribution >= 0.6 is 11.3 Å². The number of piperidine rings is 1. The molecule has 2 amide bonds. The second-order valence-corrected chi connectivity index (χ2v) is 10.8. The second-order valence-electron chi connectivity index (χ2n) is 9.66. The first-order chi connectivity index (χ1) is 16.6. The minimum absolute atomic E-state index is 0.0942. The van der Waals surface area contributed by atoms with Crippen LogP contribution in [0.5, 0.6) is 0 Å². The molecule has 0 atom stereocenters. The number of anilines is 1. The van der Waals surface area contributed by atoms with Crippen LogP contribution in [0, 0.1) is 12.8 Å². The summed E-state index contributed by atoms with van der Waals surface area (Å²) in [6, 6.07) is 18.2. The molecule has 1 aliphatic carbocycles. The molecule has 0 unspecified atom stereocenters. The number of nitrogens with zero attached hydrogens (tertiary/aromatic N) is 1. The molecule has 1 saturated heterocycles. The van der Waals surface area contributed by atoms with Gasteiger partial charge in [-0.15, -0.1) is 11.3 Å². The molecule has 1 aromatic heterocycles. The molecule has 34 heavy (non-hydrogen) atoms. The average molecular weight is 473 g/mol. The van der Waals surface area contributed by atoms with Crippen molar-refractivity contribution in [3.8, 4) is 0 Å². The van der Waals surface area contributed by atoms with Crippen LogP contribution in [0.25, 0.3) is 0 Å². The predicted molar refractivity (Wildman–Crippen MR) is 139 cm³/mol. The zero-order valence-corrected chi connectivity index (χ0v) is 20.6. The predicted octanol–water partition coefficient (Wildman–Crippen LogP) is 6.28. The van der Waals surface area contributed by atoms with Crippen LogP contribution in [0.2, 0.25) is 0 Å². The molecule has 5 heteroatoms. The van der Waals surface area contributed by atoms with Gasteiger partial charge in [0.2, 0.25) is 0 Å². The average Bonchev–Trinajstić information content (AvgIpc) is 3.23. The Balaban J connectivity index is 1.32. The number of amides is 2. The van der Waals surface area contributed by atoms with Gasteiger partial charge in [0.15, 0.2) is 0 Å². The Morgan fingerprint density at radius 3 is 2.41 bits per heavy atom. The third-order valence-electron chi connectivity index (χ3n) is 7.19. The van der Waals surface area contributed by atoms with Gasteiger partial charge in [0.05, 0.1) is 5.56 Å². The van der Waals surface area contributed by atoms with Crippen molar-refractivity contribution in [3.05, 3.63) is 87.3 Å². The van der Waals surface area contributed by atoms with Gasteiger partial charge >= 0.3 is 0 Å². The number of carbonyl (C=O) groups excluding carboxylic acids is 2. The van der Waals surface area contributed by atoms with Gasteiger partial charge in [0, 0.05) is 23.5 Å². The monoisotopic (exact) mass is 472 g/mol. The Bertz CT molecular complexity index is 1160. The first kappa shape index (κ1) is 22.9. The van der Waals surface area contributed by atoms with E-state index in [0.29, 0.717) is 11.5 Å². The highest BCUT2D eigenvalue weighted by molar-refractivity contribution is 7.17. The molecule has 1 fully saturated rings. The number of benzene rings is 2. The third-order valence-corrected chi connectivity index (χ3v) is 8.40. The molecule has 3 aromatic rings. The van der Waals surface area contributed by atoms with Crippen molar-refractivity contribution in [2.75, 3.05) is 18.4 Å². The van der Waals surface area contributed by atoms with E-state index in [4.69, 9.17) is 0 Å². The van der Waals surface area contributed by atoms with Crippen molar-refractivity contribution in [2.24, 2.45) is 5.92 Å². The Hall–Kier alpha value is -2.92. The highest BCUT2D eigenvalue weighted by Gasteiger charge is 2.31. The molecule has 2 aromatic carbocycles. The van der Waals surface area contributed by atoms with Crippen LogP contribution in [0.15, 0.2) is 54.6 Å². The van der Waals surface area contributed by atoms with Crippen molar-refractivity contribution in [1.29, 1.82) is 0 Å². The Morgan fingerprint density at radius 2 is 1.68 bits per heavy atom. The van der Waals surface area contributed by atoms with E-state index >= 15 is 0 Å². The fourth-order valence-electron chi connectivity index (χ4n) is 5.21. The Kier molecular flexibility index (Phi) is 6.82. The van der Waals surface area contributed by atoms with E-state index < -0.39 is 0 Å². The number of thiophene rings is 1. The maximum absolute atomic E-state index is 13.8. The molecule has 0 radical (unpaired) electrons. The molecule has 4 nitrogen and oxygen atoms in total. The van der Waals surface area contributed by atoms with Gasteiger partial charge < -0.3 is 10.2 Å². The van der Waals surface area contributed by atoms with Gasteiger partial charge in [-0.3, -0.25) is 9.59 Å². The van der Waals surface area contributed by atoms with Crippen LogP contribution in [-0.2, 0) is 19.3 Å². The van der Waals surface area contributed by atoms with Crippen LogP contribution in [0.1, 0.15) is 68.0 Å². The summed E-state index contributed by atoms with van der Waals surface area (Å²) in [6.45, 7) is 3.58. The summed E-state index contributed by atoms with van der Waals surface area (Å²) in [7, 11) is 0. The van der Waals surface area contributed by atoms with Crippen LogP contribution in [0.4, 0.5) is 5.00 Å². The quantitative estimate of drug-likeness (QED) is 0.475. The lowest BCUT2D eigenvalue weighted by Crippen LogP contribution is -2.39. The zero-order chi connectivity index (χ0) is 23.5. The molecule has 0 spiro atoms. The number of nitrogens with one attached hydrogen (secondary N) is 1. The molecule has 0 saturated carbocycles. The number of hydrogen-bond donors (Lipinski definition) is 1. The van der Waals surface area contributed by atoms with E-state index in [0.717, 1.165) is 74.2 Å². The van der Waals surface area contributed by atoms with Gasteiger partial charge in [-0.1, -0.05) is 48.0 Å². The molecular weight excluding hydrogens is 440 g/mol. The molecule has 176 valence electrons. The van der Waals surface area contributed by atoms with Gasteiger partial charge in [-0.2, -0.15) is 0 Å². The molecule has 0 bridgehead atoms. The largest absolute Gasteiger partial charge is 0.339 e. The van der Waals surface area contributed by atoms with Crippen LogP contribution < -0.4 is 5.32 Å². The lowest BCUT2D eigenvalue weighted by Gasteiger charge is -2.32. The summed E-state index contributed by atoms with van der Waals surface area (Å²) in [6.07, 6.45) is 7.31. The fraction of sp³-hybridized carbons (Fsp3) is 0.379. The topological polar surface area (TPSA) is 49.4 Å². The van der Waals surface area contributed by atoms with Gasteiger partial charge in [-0.25, -0.2) is 0 Å². The first-order valence-electron chi connectivity index (χ1n) is 12.4. The van der Waals surface area contributed by atoms with Gasteiger partial charge in [-0.05, 0) is 81.0 Å². The highest BCUT2D eigenvalue weighted by atomic mass is 32.1. The van der Waals surface area contributed by atoms with E-state index in [1.54, 1.807) is 11.3 Å². The van der Waals surface area contributed by atoms with E-state index in [-0.39, 0.29) is 11.8 Å². The summed E-state index contributed by atoms with van der Waals surface area (Å²) >= 11 is 1.60. The molecule has 2 aliphatic rings. The van der Waals surface area contributed by atoms with Crippen LogP contribution in [0.3, 0.4) is 0 Å². The van der Waals surface area contributed by atoms with E-state index in [1.807, 2.05) is 36.1 Å². The van der Waals surface area contributed by atoms with Crippen molar-refractivity contribution in [2.45, 2.75) is 51.9 Å². The summed E-state index contributed by atoms with van der Waals surface area (Å²) in [5.74, 6) is 0.564. The summed E-state index contributed by atoms with van der Waals surface area (Å²) in [5.41, 5.74) is 5.04. The maximum atomic E-state index is 13.8. The third kappa shape index (κ3) is 4.95. The molecule has 5 rings (SSSR count). The molecular formula is C29H32N2O2S. The summed E-state index contributed by atoms with van der Waals surface area (Å²) in [5, 5.41) is 3.83.